The van der Waals surface area contributed by atoms with Crippen molar-refractivity contribution in [3.05, 3.63) is 164 Å². The fourth-order valence-corrected chi connectivity index (χ4v) is 14.6. The van der Waals surface area contributed by atoms with E-state index in [1.54, 1.807) is 0 Å². The summed E-state index contributed by atoms with van der Waals surface area (Å²) in [5.74, 6) is -14.8. The standard InChI is InChI=1S/C80H93Cl2N11O18/c1-4-5-6-7-8-9-12-15-29-93(2,3)30-17-27-85-40-50-55(97)39-49-62(72(50)100)61-48(18-16-19-54(61)96)66-78(106)92-69(80(108)90-67(49)75(103)86-28-14-11-10-13-26-83)71(99)43-22-25-57(52(82)34-43)111-60-37-45-36-59(73(60)101)110-56-24-21-42(33-51(56)81)70(98)68-79(107)88-64(76(104)87-65(45)77(105)89-66)44-31-46(94)38-47(32-44)109-58-35-41(20-23-53(58)95)63(84)74(102)91-68/h16,18-25,31-39,63-71,85,98-99H,4-15,17,26-30,40,83-84H2,1-3H3,(H12-,86,87,88,89,90,91,92,94,95,96,97,100,101,102,103,104,105,106,107,108)/p+1. The lowest BCUT2D eigenvalue weighted by atomic mass is 9.85. The minimum atomic E-state index is -2.28. The van der Waals surface area contributed by atoms with E-state index in [1.165, 1.54) is 111 Å². The molecule has 111 heavy (non-hydrogen) atoms. The molecule has 9 unspecified atom stereocenters. The van der Waals surface area contributed by atoms with Gasteiger partial charge in [-0.1, -0.05) is 112 Å². The SMILES string of the molecule is CCCCCCCCCC[N+](C)(C)CCCNCc1c(O)cc2c(c1O)-c1c(O)cccc1C1NC(=O)C3NC(=O)C4NC(=O)C(NC(=O)C(N)c5ccc(O)c(c5)Oc5cc(O)cc4c5)C(O)c4ccc(c(Cl)c4)Oc4cc3cc(c4O)Oc3ccc(cc3Cl)C(O)C(NC1=O)C(=O)NC2C(=O)NCCCCCCN. The highest BCUT2D eigenvalue weighted by atomic mass is 35.5. The van der Waals surface area contributed by atoms with Crippen LogP contribution in [0.15, 0.2) is 109 Å². The number of halogens is 2. The number of aliphatic hydroxyl groups excluding tert-OH is 2. The number of unbranched alkanes of at least 4 members (excludes halogenated alkanes) is 10. The summed E-state index contributed by atoms with van der Waals surface area (Å²) >= 11 is 14.0. The van der Waals surface area contributed by atoms with Gasteiger partial charge in [-0.25, -0.2) is 0 Å². The molecule has 7 amide bonds. The first-order valence-corrected chi connectivity index (χ1v) is 37.9. The summed E-state index contributed by atoms with van der Waals surface area (Å²) in [5, 5.41) is 119. The van der Waals surface area contributed by atoms with E-state index in [1.807, 2.05) is 0 Å². The summed E-state index contributed by atoms with van der Waals surface area (Å²) in [6, 6.07) is 6.65. The molecule has 13 rings (SSSR count). The van der Waals surface area contributed by atoms with E-state index in [2.05, 4.69) is 63.6 Å². The van der Waals surface area contributed by atoms with Crippen LogP contribution >= 0.6 is 23.2 Å². The summed E-state index contributed by atoms with van der Waals surface area (Å²) < 4.78 is 19.4. The number of carbonyl (C=O) groups excluding carboxylic acids is 7. The van der Waals surface area contributed by atoms with Crippen LogP contribution in [0.5, 0.6) is 69.0 Å². The van der Waals surface area contributed by atoms with Gasteiger partial charge in [0, 0.05) is 43.2 Å². The zero-order chi connectivity index (χ0) is 79.5. The number of rotatable bonds is 22. The number of fused-ring (bicyclic) bond motifs is 13. The van der Waals surface area contributed by atoms with E-state index in [-0.39, 0.29) is 85.1 Å². The Morgan fingerprint density at radius 3 is 1.68 bits per heavy atom. The van der Waals surface area contributed by atoms with Crippen molar-refractivity contribution in [2.75, 3.05) is 46.8 Å². The third-order valence-electron chi connectivity index (χ3n) is 20.3. The molecule has 6 heterocycles. The molecule has 0 aromatic heterocycles. The van der Waals surface area contributed by atoms with Gasteiger partial charge in [0.1, 0.15) is 94.7 Å². The Labute approximate surface area is 650 Å². The van der Waals surface area contributed by atoms with Crippen molar-refractivity contribution < 1.29 is 93.1 Å². The van der Waals surface area contributed by atoms with E-state index in [9.17, 15) is 45.6 Å². The topological polar surface area (TPSA) is 457 Å². The number of hydrogen-bond donors (Lipinski definition) is 18. The van der Waals surface area contributed by atoms with Gasteiger partial charge in [-0.2, -0.15) is 0 Å². The minimum Gasteiger partial charge on any atom is -0.508 e. The lowest BCUT2D eigenvalue weighted by molar-refractivity contribution is -0.890. The summed E-state index contributed by atoms with van der Waals surface area (Å²) in [5.41, 5.74) is 9.51. The zero-order valence-electron chi connectivity index (χ0n) is 61.5. The van der Waals surface area contributed by atoms with Gasteiger partial charge < -0.3 is 114 Å². The predicted molar refractivity (Wildman–Crippen MR) is 410 cm³/mol. The lowest BCUT2D eigenvalue weighted by Crippen LogP contribution is -2.56. The number of nitrogens with two attached hydrogens (primary N) is 2. The van der Waals surface area contributed by atoms with Crippen molar-refractivity contribution >= 4 is 64.6 Å². The number of benzene rings is 7. The molecule has 590 valence electrons. The number of aliphatic hydroxyl groups is 2. The van der Waals surface area contributed by atoms with Crippen molar-refractivity contribution in [3.8, 4) is 80.1 Å². The van der Waals surface area contributed by atoms with Gasteiger partial charge in [0.2, 0.25) is 47.1 Å². The molecule has 0 saturated carbocycles. The van der Waals surface area contributed by atoms with Crippen LogP contribution in [-0.2, 0) is 40.1 Å². The summed E-state index contributed by atoms with van der Waals surface area (Å²) in [7, 11) is 4.31. The Hall–Kier alpha value is -10.6. The van der Waals surface area contributed by atoms with E-state index >= 15 is 28.8 Å². The summed E-state index contributed by atoms with van der Waals surface area (Å²) in [6.45, 7) is 4.52. The van der Waals surface area contributed by atoms with Gasteiger partial charge in [0.05, 0.1) is 42.8 Å². The maximum Gasteiger partial charge on any atom is 0.248 e. The number of ether oxygens (including phenoxy) is 3. The molecule has 7 aromatic rings. The van der Waals surface area contributed by atoms with Crippen LogP contribution in [-0.4, -0.2) is 146 Å². The molecule has 0 spiro atoms. The molecule has 0 radical (unpaired) electrons. The molecule has 0 fully saturated rings. The van der Waals surface area contributed by atoms with Crippen LogP contribution in [0, 0.1) is 0 Å². The van der Waals surface area contributed by atoms with Gasteiger partial charge in [-0.05, 0) is 144 Å². The van der Waals surface area contributed by atoms with Crippen LogP contribution in [0.3, 0.4) is 0 Å². The number of nitrogens with zero attached hydrogens (tertiary/aromatic N) is 1. The molecule has 0 saturated heterocycles. The quantitative estimate of drug-likeness (QED) is 0.0223. The van der Waals surface area contributed by atoms with Crippen LogP contribution in [0.4, 0.5) is 0 Å². The summed E-state index contributed by atoms with van der Waals surface area (Å²) in [4.78, 5) is 109. The highest BCUT2D eigenvalue weighted by molar-refractivity contribution is 6.32. The number of hydrogen-bond acceptors (Lipinski definition) is 21. The second-order valence-electron chi connectivity index (χ2n) is 29.0. The van der Waals surface area contributed by atoms with Gasteiger partial charge >= 0.3 is 0 Å². The lowest BCUT2D eigenvalue weighted by Gasteiger charge is -2.31. The molecule has 6 aliphatic rings. The Kier molecular flexibility index (Phi) is 26.4. The van der Waals surface area contributed by atoms with Crippen molar-refractivity contribution in [1.82, 2.24) is 42.5 Å². The molecular formula is C80H94Cl2N11O18+. The largest absolute Gasteiger partial charge is 0.508 e. The number of phenolic OH excluding ortho intramolecular Hbond substituents is 6. The Morgan fingerprint density at radius 2 is 1.04 bits per heavy atom. The Bertz CT molecular complexity index is 4660. The molecule has 7 aromatic carbocycles. The van der Waals surface area contributed by atoms with Crippen molar-refractivity contribution in [1.29, 1.82) is 0 Å². The molecule has 20 N–H and O–H groups in total. The van der Waals surface area contributed by atoms with Crippen LogP contribution in [0.2, 0.25) is 10.0 Å². The highest BCUT2D eigenvalue weighted by Crippen LogP contribution is 2.51. The maximum atomic E-state index is 16.4. The average molecular weight is 1570 g/mol. The molecular weight excluding hydrogens is 1470 g/mol. The molecule has 31 heteroatoms. The number of quaternary nitrogens is 1. The number of nitrogens with one attached hydrogen (secondary N) is 8. The third-order valence-corrected chi connectivity index (χ3v) is 20.9. The van der Waals surface area contributed by atoms with Crippen LogP contribution in [0.1, 0.15) is 177 Å². The second-order valence-corrected chi connectivity index (χ2v) is 29.8. The molecule has 9 atom stereocenters. The Balaban J connectivity index is 1.08. The fourth-order valence-electron chi connectivity index (χ4n) is 14.2. The van der Waals surface area contributed by atoms with Gasteiger partial charge in [-0.3, -0.25) is 33.6 Å². The first kappa shape index (κ1) is 81.4. The fraction of sp³-hybridized carbons (Fsp3) is 0.388. The van der Waals surface area contributed by atoms with E-state index in [4.69, 9.17) is 48.9 Å². The first-order chi connectivity index (χ1) is 53.1. The van der Waals surface area contributed by atoms with Crippen LogP contribution < -0.4 is 68.2 Å². The summed E-state index contributed by atoms with van der Waals surface area (Å²) in [6.07, 6.45) is 8.39. The molecule has 15 bridgehead atoms. The Morgan fingerprint density at radius 1 is 0.486 bits per heavy atom. The van der Waals surface area contributed by atoms with Gasteiger partial charge in [-0.15, -0.1) is 0 Å². The molecule has 29 nitrogen and oxygen atoms in total. The minimum absolute atomic E-state index is 0.0333. The molecule has 0 aliphatic carbocycles. The second kappa shape index (κ2) is 36.0. The normalized spacial score (nSPS) is 20.5. The number of amides is 7. The highest BCUT2D eigenvalue weighted by Gasteiger charge is 2.44. The molecule has 6 aliphatic heterocycles. The van der Waals surface area contributed by atoms with Crippen molar-refractivity contribution in [3.63, 3.8) is 0 Å². The van der Waals surface area contributed by atoms with Crippen LogP contribution in [0.25, 0.3) is 11.1 Å². The van der Waals surface area contributed by atoms with E-state index in [0.29, 0.717) is 38.8 Å². The van der Waals surface area contributed by atoms with Gasteiger partial charge in [0.25, 0.3) is 0 Å². The number of carbonyl (C=O) groups is 7. The maximum absolute atomic E-state index is 16.4. The number of aromatic hydroxyl groups is 6. The predicted octanol–water partition coefficient (Wildman–Crippen LogP) is 8.72. The van der Waals surface area contributed by atoms with E-state index in [0.717, 1.165) is 73.2 Å². The average Bonchev–Trinajstić information content (AvgIpc) is 1.66. The van der Waals surface area contributed by atoms with E-state index < -0.39 is 159 Å². The number of phenols is 6. The monoisotopic (exact) mass is 1570 g/mol. The van der Waals surface area contributed by atoms with Crippen molar-refractivity contribution in [2.24, 2.45) is 11.5 Å². The first-order valence-electron chi connectivity index (χ1n) is 37.1. The van der Waals surface area contributed by atoms with Crippen molar-refractivity contribution in [2.45, 2.75) is 151 Å². The smallest absolute Gasteiger partial charge is 0.248 e. The zero-order valence-corrected chi connectivity index (χ0v) is 63.1. The van der Waals surface area contributed by atoms with Gasteiger partial charge in [0.15, 0.2) is 23.0 Å². The third kappa shape index (κ3) is 19.1.